The smallest absolute Gasteiger partial charge is 0.330 e. The second-order valence-corrected chi connectivity index (χ2v) is 3.09. The van der Waals surface area contributed by atoms with Gasteiger partial charge in [-0.25, -0.2) is 4.79 Å². The molecular formula is C5H9O4P. The first-order chi connectivity index (χ1) is 4.54. The summed E-state index contributed by atoms with van der Waals surface area (Å²) in [7, 11) is -2.54. The van der Waals surface area contributed by atoms with Crippen molar-refractivity contribution in [2.45, 2.75) is 6.42 Å². The summed E-state index contributed by atoms with van der Waals surface area (Å²) in [5, 5.41) is 8.22. The maximum absolute atomic E-state index is 10.1. The van der Waals surface area contributed by atoms with Crippen LogP contribution in [0.15, 0.2) is 12.2 Å². The van der Waals surface area contributed by atoms with E-state index < -0.39 is 14.0 Å². The van der Waals surface area contributed by atoms with Gasteiger partial charge in [-0.1, -0.05) is 6.58 Å². The van der Waals surface area contributed by atoms with Gasteiger partial charge >= 0.3 is 5.97 Å². The van der Waals surface area contributed by atoms with Crippen LogP contribution in [0.4, 0.5) is 0 Å². The lowest BCUT2D eigenvalue weighted by Crippen LogP contribution is -1.99. The van der Waals surface area contributed by atoms with Crippen molar-refractivity contribution in [3.05, 3.63) is 12.2 Å². The molecule has 0 radical (unpaired) electrons. The Morgan fingerprint density at radius 1 is 1.60 bits per heavy atom. The molecule has 0 heterocycles. The van der Waals surface area contributed by atoms with Gasteiger partial charge in [-0.15, -0.1) is 0 Å². The van der Waals surface area contributed by atoms with E-state index in [4.69, 9.17) is 10.00 Å². The summed E-state index contributed by atoms with van der Waals surface area (Å²) in [5.41, 5.74) is -0.0209. The first kappa shape index (κ1) is 9.40. The monoisotopic (exact) mass is 164 g/mol. The van der Waals surface area contributed by atoms with Crippen LogP contribution in [0.3, 0.4) is 0 Å². The van der Waals surface area contributed by atoms with E-state index in [2.05, 4.69) is 6.58 Å². The molecule has 0 bridgehead atoms. The summed E-state index contributed by atoms with van der Waals surface area (Å²) >= 11 is 0. The van der Waals surface area contributed by atoms with Gasteiger partial charge < -0.3 is 10.00 Å². The largest absolute Gasteiger partial charge is 0.478 e. The predicted molar refractivity (Wildman–Crippen MR) is 37.5 cm³/mol. The molecule has 1 atom stereocenters. The normalized spacial score (nSPS) is 12.5. The van der Waals surface area contributed by atoms with Crippen molar-refractivity contribution < 1.29 is 19.4 Å². The molecule has 0 aromatic carbocycles. The van der Waals surface area contributed by atoms with E-state index in [-0.39, 0.29) is 18.2 Å². The van der Waals surface area contributed by atoms with E-state index >= 15 is 0 Å². The Labute approximate surface area is 59.1 Å². The van der Waals surface area contributed by atoms with Gasteiger partial charge in [0.15, 0.2) is 8.03 Å². The molecule has 0 aliphatic rings. The molecule has 0 saturated carbocycles. The van der Waals surface area contributed by atoms with Gasteiger partial charge in [0.05, 0.1) is 0 Å². The first-order valence-electron chi connectivity index (χ1n) is 2.67. The number of rotatable bonds is 4. The molecule has 0 fully saturated rings. The maximum Gasteiger partial charge on any atom is 0.330 e. The van der Waals surface area contributed by atoms with E-state index in [1.165, 1.54) is 0 Å². The van der Waals surface area contributed by atoms with Crippen molar-refractivity contribution in [1.82, 2.24) is 0 Å². The van der Waals surface area contributed by atoms with Crippen molar-refractivity contribution in [2.24, 2.45) is 0 Å². The van der Waals surface area contributed by atoms with Crippen molar-refractivity contribution >= 4 is 14.0 Å². The fourth-order valence-corrected chi connectivity index (χ4v) is 0.880. The van der Waals surface area contributed by atoms with Crippen LogP contribution < -0.4 is 0 Å². The number of carboxylic acids is 1. The number of aliphatic carboxylic acids is 1. The predicted octanol–water partition coefficient (Wildman–Crippen LogP) is 0.484. The summed E-state index contributed by atoms with van der Waals surface area (Å²) < 4.78 is 10.1. The molecule has 0 saturated heterocycles. The molecule has 58 valence electrons. The van der Waals surface area contributed by atoms with E-state index in [9.17, 15) is 9.36 Å². The molecule has 0 spiro atoms. The van der Waals surface area contributed by atoms with E-state index in [0.717, 1.165) is 0 Å². The average molecular weight is 164 g/mol. The number of carboxylic acid groups (broad SMARTS) is 1. The van der Waals surface area contributed by atoms with Gasteiger partial charge in [0.1, 0.15) is 0 Å². The van der Waals surface area contributed by atoms with Crippen molar-refractivity contribution in [3.63, 3.8) is 0 Å². The zero-order valence-corrected chi connectivity index (χ0v) is 6.33. The molecule has 10 heavy (non-hydrogen) atoms. The highest BCUT2D eigenvalue weighted by molar-refractivity contribution is 7.37. The van der Waals surface area contributed by atoms with Gasteiger partial charge in [0.2, 0.25) is 0 Å². The summed E-state index contributed by atoms with van der Waals surface area (Å²) in [5.74, 6) is -1.11. The fraction of sp³-hybridized carbons (Fsp3) is 0.400. The molecule has 0 aliphatic heterocycles. The maximum atomic E-state index is 10.1. The third-order valence-corrected chi connectivity index (χ3v) is 1.62. The van der Waals surface area contributed by atoms with Crippen LogP contribution in [0.25, 0.3) is 0 Å². The zero-order chi connectivity index (χ0) is 8.15. The molecule has 2 N–H and O–H groups in total. The highest BCUT2D eigenvalue weighted by atomic mass is 31.1. The van der Waals surface area contributed by atoms with Crippen LogP contribution in [-0.2, 0) is 9.36 Å². The number of carbonyl (C=O) groups is 1. The highest BCUT2D eigenvalue weighted by Gasteiger charge is 2.04. The van der Waals surface area contributed by atoms with Gasteiger partial charge in [0.25, 0.3) is 0 Å². The summed E-state index contributed by atoms with van der Waals surface area (Å²) in [6.07, 6.45) is 0.0967. The molecule has 0 aliphatic carbocycles. The summed E-state index contributed by atoms with van der Waals surface area (Å²) in [6, 6.07) is 0. The van der Waals surface area contributed by atoms with Crippen LogP contribution in [0, 0.1) is 0 Å². The van der Waals surface area contributed by atoms with Crippen LogP contribution in [-0.4, -0.2) is 22.1 Å². The third-order valence-electron chi connectivity index (χ3n) is 0.943. The quantitative estimate of drug-likeness (QED) is 0.468. The lowest BCUT2D eigenvalue weighted by atomic mass is 10.2. The van der Waals surface area contributed by atoms with Gasteiger partial charge in [0, 0.05) is 11.7 Å². The Hall–Kier alpha value is -0.600. The first-order valence-corrected chi connectivity index (χ1v) is 4.23. The molecule has 4 nitrogen and oxygen atoms in total. The second-order valence-electron chi connectivity index (χ2n) is 1.80. The van der Waals surface area contributed by atoms with E-state index in [0.29, 0.717) is 0 Å². The lowest BCUT2D eigenvalue weighted by molar-refractivity contribution is -0.132. The molecule has 0 amide bonds. The lowest BCUT2D eigenvalue weighted by Gasteiger charge is -1.95. The fourth-order valence-electron chi connectivity index (χ4n) is 0.365. The Balaban J connectivity index is 3.60. The topological polar surface area (TPSA) is 74.6 Å². The Morgan fingerprint density at radius 3 is 2.40 bits per heavy atom. The van der Waals surface area contributed by atoms with Gasteiger partial charge in [-0.05, 0) is 6.42 Å². The molecule has 1 unspecified atom stereocenters. The summed E-state index contributed by atoms with van der Waals surface area (Å²) in [6.45, 7) is 3.19. The molecule has 0 aromatic heterocycles. The van der Waals surface area contributed by atoms with E-state index in [1.807, 2.05) is 0 Å². The Bertz CT molecular complexity index is 174. The van der Waals surface area contributed by atoms with Gasteiger partial charge in [-0.3, -0.25) is 4.57 Å². The Morgan fingerprint density at radius 2 is 2.10 bits per heavy atom. The Kier molecular flexibility index (Phi) is 4.00. The van der Waals surface area contributed by atoms with E-state index in [1.54, 1.807) is 0 Å². The standard InChI is InChI=1S/C5H9O4P/c1-4(5(6)7)2-3-10(8)9/h10H,1-3H2,(H,6,7)(H,8,9). The number of hydrogen-bond acceptors (Lipinski definition) is 2. The zero-order valence-electron chi connectivity index (χ0n) is 5.33. The third kappa shape index (κ3) is 4.30. The van der Waals surface area contributed by atoms with Gasteiger partial charge in [-0.2, -0.15) is 0 Å². The van der Waals surface area contributed by atoms with Crippen LogP contribution in [0.5, 0.6) is 0 Å². The minimum atomic E-state index is -2.54. The molecule has 5 heteroatoms. The van der Waals surface area contributed by atoms with Crippen LogP contribution in [0.2, 0.25) is 0 Å². The van der Waals surface area contributed by atoms with Crippen LogP contribution >= 0.6 is 8.03 Å². The van der Waals surface area contributed by atoms with Crippen LogP contribution in [0.1, 0.15) is 6.42 Å². The highest BCUT2D eigenvalue weighted by Crippen LogP contribution is 2.16. The SMILES string of the molecule is C=C(CC[PH](=O)O)C(=O)O. The minimum absolute atomic E-state index is 0.00972. The summed E-state index contributed by atoms with van der Waals surface area (Å²) in [4.78, 5) is 18.3. The average Bonchev–Trinajstić information content (AvgIpc) is 1.82. The molecule has 0 aromatic rings. The minimum Gasteiger partial charge on any atom is -0.478 e. The van der Waals surface area contributed by atoms with Crippen molar-refractivity contribution in [3.8, 4) is 0 Å². The second kappa shape index (κ2) is 4.25. The van der Waals surface area contributed by atoms with Crippen molar-refractivity contribution in [2.75, 3.05) is 6.16 Å². The number of hydrogen-bond donors (Lipinski definition) is 2. The van der Waals surface area contributed by atoms with Crippen molar-refractivity contribution in [1.29, 1.82) is 0 Å². The molecule has 0 rings (SSSR count). The molecular weight excluding hydrogens is 155 g/mol.